The molecule has 1 unspecified atom stereocenters. The zero-order chi connectivity index (χ0) is 12.1. The van der Waals surface area contributed by atoms with Gasteiger partial charge in [0.1, 0.15) is 17.4 Å². The molecular weight excluding hydrogens is 245 g/mol. The minimum Gasteiger partial charge on any atom is -0.490 e. The van der Waals surface area contributed by atoms with Crippen molar-refractivity contribution in [2.24, 2.45) is 0 Å². The summed E-state index contributed by atoms with van der Waals surface area (Å²) in [5.41, 5.74) is 0. The number of benzene rings is 1. The highest BCUT2D eigenvalue weighted by atomic mass is 35.5. The summed E-state index contributed by atoms with van der Waals surface area (Å²) >= 11 is 11.9. The van der Waals surface area contributed by atoms with Crippen LogP contribution in [0, 0.1) is 0 Å². The zero-order valence-electron chi connectivity index (χ0n) is 9.84. The van der Waals surface area contributed by atoms with Crippen LogP contribution >= 0.6 is 23.2 Å². The van der Waals surface area contributed by atoms with Crippen LogP contribution < -0.4 is 4.74 Å². The summed E-state index contributed by atoms with van der Waals surface area (Å²) in [6.45, 7) is 5.82. The first-order chi connectivity index (χ1) is 7.56. The summed E-state index contributed by atoms with van der Waals surface area (Å²) in [5, 5.41) is 1.01. The first-order valence-electron chi connectivity index (χ1n) is 5.33. The lowest BCUT2D eigenvalue weighted by atomic mass is 10.3. The molecule has 0 heterocycles. The third-order valence-corrected chi connectivity index (χ3v) is 3.45. The van der Waals surface area contributed by atoms with Crippen LogP contribution in [-0.4, -0.2) is 31.1 Å². The van der Waals surface area contributed by atoms with Crippen molar-refractivity contribution in [2.75, 3.05) is 20.2 Å². The van der Waals surface area contributed by atoms with E-state index in [0.717, 1.165) is 6.54 Å². The van der Waals surface area contributed by atoms with Gasteiger partial charge >= 0.3 is 0 Å². The molecule has 1 rings (SSSR count). The predicted molar refractivity (Wildman–Crippen MR) is 69.7 cm³/mol. The highest BCUT2D eigenvalue weighted by Gasteiger charge is 2.10. The highest BCUT2D eigenvalue weighted by molar-refractivity contribution is 6.42. The normalized spacial score (nSPS) is 12.9. The number of nitrogens with zero attached hydrogens (tertiary/aromatic N) is 1. The van der Waals surface area contributed by atoms with Gasteiger partial charge in [-0.05, 0) is 32.6 Å². The Bertz CT molecular complexity index is 344. The Hall–Kier alpha value is -0.440. The van der Waals surface area contributed by atoms with Crippen LogP contribution in [0.2, 0.25) is 10.0 Å². The Labute approximate surface area is 107 Å². The second-order valence-electron chi connectivity index (χ2n) is 3.79. The van der Waals surface area contributed by atoms with Gasteiger partial charge in [-0.2, -0.15) is 0 Å². The summed E-state index contributed by atoms with van der Waals surface area (Å²) in [7, 11) is 2.06. The quantitative estimate of drug-likeness (QED) is 0.802. The van der Waals surface area contributed by atoms with E-state index in [1.165, 1.54) is 0 Å². The van der Waals surface area contributed by atoms with Gasteiger partial charge in [-0.25, -0.2) is 0 Å². The topological polar surface area (TPSA) is 12.5 Å². The van der Waals surface area contributed by atoms with Crippen molar-refractivity contribution in [1.82, 2.24) is 4.90 Å². The molecular formula is C12H17Cl2NO. The van der Waals surface area contributed by atoms with E-state index in [4.69, 9.17) is 27.9 Å². The molecule has 0 aliphatic rings. The van der Waals surface area contributed by atoms with Gasteiger partial charge in [0.25, 0.3) is 0 Å². The summed E-state index contributed by atoms with van der Waals surface area (Å²) < 4.78 is 5.64. The molecule has 0 spiro atoms. The van der Waals surface area contributed by atoms with Crippen LogP contribution in [0.15, 0.2) is 18.2 Å². The maximum absolute atomic E-state index is 6.02. The Morgan fingerprint density at radius 2 is 2.06 bits per heavy atom. The zero-order valence-corrected chi connectivity index (χ0v) is 11.3. The molecule has 0 N–H and O–H groups in total. The minimum absolute atomic E-state index is 0.347. The largest absolute Gasteiger partial charge is 0.490 e. The van der Waals surface area contributed by atoms with E-state index in [-0.39, 0.29) is 0 Å². The average Bonchev–Trinajstić information content (AvgIpc) is 2.29. The van der Waals surface area contributed by atoms with Gasteiger partial charge in [0.05, 0.1) is 5.02 Å². The van der Waals surface area contributed by atoms with E-state index in [1.807, 2.05) is 12.1 Å². The van der Waals surface area contributed by atoms with Crippen LogP contribution in [-0.2, 0) is 0 Å². The fourth-order valence-corrected chi connectivity index (χ4v) is 1.59. The monoisotopic (exact) mass is 261 g/mol. The molecule has 90 valence electrons. The third kappa shape index (κ3) is 3.55. The number of halogens is 2. The van der Waals surface area contributed by atoms with Crippen molar-refractivity contribution in [3.8, 4) is 5.75 Å². The molecule has 0 fully saturated rings. The van der Waals surface area contributed by atoms with E-state index >= 15 is 0 Å². The van der Waals surface area contributed by atoms with Gasteiger partial charge in [0.2, 0.25) is 0 Å². The number of hydrogen-bond acceptors (Lipinski definition) is 2. The Morgan fingerprint density at radius 3 is 2.69 bits per heavy atom. The summed E-state index contributed by atoms with van der Waals surface area (Å²) in [6.07, 6.45) is 0. The molecule has 0 bridgehead atoms. The second-order valence-corrected chi connectivity index (χ2v) is 4.57. The second kappa shape index (κ2) is 6.33. The van der Waals surface area contributed by atoms with Crippen molar-refractivity contribution in [2.45, 2.75) is 19.9 Å². The van der Waals surface area contributed by atoms with Crippen LogP contribution in [0.1, 0.15) is 13.8 Å². The summed E-state index contributed by atoms with van der Waals surface area (Å²) in [6, 6.07) is 5.75. The highest BCUT2D eigenvalue weighted by Crippen LogP contribution is 2.31. The molecule has 0 saturated carbocycles. The standard InChI is InChI=1S/C12H17Cl2NO/c1-4-15(3)9(2)8-16-11-7-5-6-10(13)12(11)14/h5-7,9H,4,8H2,1-3H3. The number of hydrogen-bond donors (Lipinski definition) is 0. The maximum atomic E-state index is 6.02. The SMILES string of the molecule is CCN(C)C(C)COc1cccc(Cl)c1Cl. The van der Waals surface area contributed by atoms with Crippen molar-refractivity contribution in [1.29, 1.82) is 0 Å². The molecule has 4 heteroatoms. The maximum Gasteiger partial charge on any atom is 0.139 e. The number of ether oxygens (including phenoxy) is 1. The predicted octanol–water partition coefficient (Wildman–Crippen LogP) is 3.71. The van der Waals surface area contributed by atoms with Gasteiger partial charge in [0.15, 0.2) is 0 Å². The first kappa shape index (κ1) is 13.6. The molecule has 16 heavy (non-hydrogen) atoms. The van der Waals surface area contributed by atoms with Gasteiger partial charge in [-0.1, -0.05) is 36.2 Å². The fourth-order valence-electron chi connectivity index (χ4n) is 1.24. The van der Waals surface area contributed by atoms with Crippen LogP contribution in [0.5, 0.6) is 5.75 Å². The molecule has 0 amide bonds. The third-order valence-electron chi connectivity index (χ3n) is 2.65. The molecule has 1 aromatic carbocycles. The molecule has 1 aromatic rings. The smallest absolute Gasteiger partial charge is 0.139 e. The van der Waals surface area contributed by atoms with E-state index in [1.54, 1.807) is 6.07 Å². The first-order valence-corrected chi connectivity index (χ1v) is 6.09. The van der Waals surface area contributed by atoms with Crippen molar-refractivity contribution in [3.05, 3.63) is 28.2 Å². The van der Waals surface area contributed by atoms with Gasteiger partial charge in [-0.3, -0.25) is 0 Å². The fraction of sp³-hybridized carbons (Fsp3) is 0.500. The van der Waals surface area contributed by atoms with Crippen LogP contribution in [0.25, 0.3) is 0 Å². The lowest BCUT2D eigenvalue weighted by molar-refractivity contribution is 0.179. The van der Waals surface area contributed by atoms with Gasteiger partial charge < -0.3 is 9.64 Å². The Balaban J connectivity index is 2.58. The minimum atomic E-state index is 0.347. The average molecular weight is 262 g/mol. The van der Waals surface area contributed by atoms with Gasteiger partial charge in [0, 0.05) is 6.04 Å². The molecule has 0 radical (unpaired) electrons. The molecule has 0 aliphatic carbocycles. The number of rotatable bonds is 5. The molecule has 2 nitrogen and oxygen atoms in total. The molecule has 0 aromatic heterocycles. The lowest BCUT2D eigenvalue weighted by Gasteiger charge is -2.23. The Kier molecular flexibility index (Phi) is 5.39. The van der Waals surface area contributed by atoms with Crippen molar-refractivity contribution >= 4 is 23.2 Å². The van der Waals surface area contributed by atoms with Gasteiger partial charge in [-0.15, -0.1) is 0 Å². The molecule has 1 atom stereocenters. The van der Waals surface area contributed by atoms with E-state index < -0.39 is 0 Å². The molecule has 0 aliphatic heterocycles. The Morgan fingerprint density at radius 1 is 1.38 bits per heavy atom. The van der Waals surface area contributed by atoms with Crippen molar-refractivity contribution < 1.29 is 4.74 Å². The van der Waals surface area contributed by atoms with E-state index in [2.05, 4.69) is 25.8 Å². The summed E-state index contributed by atoms with van der Waals surface area (Å²) in [5.74, 6) is 0.644. The van der Waals surface area contributed by atoms with Crippen LogP contribution in [0.4, 0.5) is 0 Å². The van der Waals surface area contributed by atoms with E-state index in [0.29, 0.717) is 28.4 Å². The van der Waals surface area contributed by atoms with E-state index in [9.17, 15) is 0 Å². The lowest BCUT2D eigenvalue weighted by Crippen LogP contribution is -2.33. The number of likely N-dealkylation sites (N-methyl/N-ethyl adjacent to an activating group) is 1. The summed E-state index contributed by atoms with van der Waals surface area (Å²) in [4.78, 5) is 2.21. The van der Waals surface area contributed by atoms with Crippen LogP contribution in [0.3, 0.4) is 0 Å². The van der Waals surface area contributed by atoms with Crippen molar-refractivity contribution in [3.63, 3.8) is 0 Å². The molecule has 0 saturated heterocycles.